The van der Waals surface area contributed by atoms with E-state index < -0.39 is 0 Å². The number of benzene rings is 1. The largest absolute Gasteiger partial charge is 0.384 e. The standard InChI is InChI=1S/C19H19N7/c1-2-6-15(7-3-1)17-12-18(19-24-23-14-26(19)25-17)22-11-5-10-21-16-8-4-9-20-13-16/h1-4,6-9,12-14,21-22H,5,10-11H2. The molecular formula is C19H19N7. The van der Waals surface area contributed by atoms with Gasteiger partial charge in [-0.25, -0.2) is 0 Å². The molecule has 4 aromatic rings. The fourth-order valence-electron chi connectivity index (χ4n) is 2.72. The van der Waals surface area contributed by atoms with Gasteiger partial charge in [0.25, 0.3) is 0 Å². The zero-order valence-electron chi connectivity index (χ0n) is 14.2. The van der Waals surface area contributed by atoms with Gasteiger partial charge in [-0.1, -0.05) is 30.3 Å². The number of hydrogen-bond donors (Lipinski definition) is 2. The van der Waals surface area contributed by atoms with Crippen molar-refractivity contribution in [3.8, 4) is 11.3 Å². The van der Waals surface area contributed by atoms with Gasteiger partial charge in [-0.3, -0.25) is 4.98 Å². The minimum absolute atomic E-state index is 0.727. The summed E-state index contributed by atoms with van der Waals surface area (Å²) in [7, 11) is 0. The number of pyridine rings is 1. The first kappa shape index (κ1) is 16.0. The Hall–Kier alpha value is -3.48. The van der Waals surface area contributed by atoms with Crippen LogP contribution in [-0.4, -0.2) is 37.9 Å². The van der Waals surface area contributed by atoms with Crippen molar-refractivity contribution in [2.45, 2.75) is 6.42 Å². The molecule has 0 aliphatic heterocycles. The molecule has 7 heteroatoms. The molecule has 0 aliphatic rings. The first-order valence-electron chi connectivity index (χ1n) is 8.54. The first-order chi connectivity index (χ1) is 12.9. The Morgan fingerprint density at radius 1 is 0.962 bits per heavy atom. The Labute approximate surface area is 151 Å². The van der Waals surface area contributed by atoms with E-state index in [-0.39, 0.29) is 0 Å². The van der Waals surface area contributed by atoms with Gasteiger partial charge in [0.1, 0.15) is 6.33 Å². The molecule has 0 aliphatic carbocycles. The molecule has 26 heavy (non-hydrogen) atoms. The van der Waals surface area contributed by atoms with Crippen LogP contribution >= 0.6 is 0 Å². The predicted octanol–water partition coefficient (Wildman–Crippen LogP) is 3.10. The maximum atomic E-state index is 4.58. The van der Waals surface area contributed by atoms with Crippen molar-refractivity contribution in [3.05, 3.63) is 67.3 Å². The molecule has 0 atom stereocenters. The Balaban J connectivity index is 1.43. The van der Waals surface area contributed by atoms with Crippen LogP contribution < -0.4 is 10.6 Å². The van der Waals surface area contributed by atoms with Crippen molar-refractivity contribution >= 4 is 17.0 Å². The molecule has 0 fully saturated rings. The number of nitrogens with zero attached hydrogens (tertiary/aromatic N) is 5. The van der Waals surface area contributed by atoms with Crippen LogP contribution in [0.1, 0.15) is 6.42 Å². The zero-order valence-corrected chi connectivity index (χ0v) is 14.2. The number of fused-ring (bicyclic) bond motifs is 1. The van der Waals surface area contributed by atoms with Gasteiger partial charge in [0, 0.05) is 31.0 Å². The summed E-state index contributed by atoms with van der Waals surface area (Å²) in [6.45, 7) is 1.67. The highest BCUT2D eigenvalue weighted by molar-refractivity contribution is 5.73. The smallest absolute Gasteiger partial charge is 0.200 e. The number of rotatable bonds is 7. The third-order valence-electron chi connectivity index (χ3n) is 4.00. The second-order valence-electron chi connectivity index (χ2n) is 5.86. The maximum absolute atomic E-state index is 4.58. The molecule has 0 radical (unpaired) electrons. The number of hydrogen-bond acceptors (Lipinski definition) is 6. The van der Waals surface area contributed by atoms with Crippen LogP contribution in [-0.2, 0) is 0 Å². The van der Waals surface area contributed by atoms with Crippen LogP contribution in [0.15, 0.2) is 67.3 Å². The third-order valence-corrected chi connectivity index (χ3v) is 4.00. The lowest BCUT2D eigenvalue weighted by Crippen LogP contribution is -2.10. The molecular weight excluding hydrogens is 326 g/mol. The van der Waals surface area contributed by atoms with E-state index in [0.29, 0.717) is 0 Å². The minimum Gasteiger partial charge on any atom is -0.384 e. The van der Waals surface area contributed by atoms with Crippen LogP contribution in [0.5, 0.6) is 0 Å². The molecule has 4 rings (SSSR count). The van der Waals surface area contributed by atoms with E-state index in [1.165, 1.54) is 0 Å². The van der Waals surface area contributed by atoms with E-state index in [1.54, 1.807) is 17.0 Å². The molecule has 0 amide bonds. The van der Waals surface area contributed by atoms with E-state index in [0.717, 1.165) is 47.8 Å². The normalized spacial score (nSPS) is 10.8. The predicted molar refractivity (Wildman–Crippen MR) is 102 cm³/mol. The Morgan fingerprint density at radius 3 is 2.69 bits per heavy atom. The highest BCUT2D eigenvalue weighted by atomic mass is 15.3. The van der Waals surface area contributed by atoms with Gasteiger partial charge in [-0.05, 0) is 24.6 Å². The van der Waals surface area contributed by atoms with Crippen molar-refractivity contribution in [1.29, 1.82) is 0 Å². The minimum atomic E-state index is 0.727. The highest BCUT2D eigenvalue weighted by Gasteiger charge is 2.09. The summed E-state index contributed by atoms with van der Waals surface area (Å²) in [6.07, 6.45) is 6.17. The monoisotopic (exact) mass is 345 g/mol. The van der Waals surface area contributed by atoms with Crippen molar-refractivity contribution in [1.82, 2.24) is 24.8 Å². The Bertz CT molecular complexity index is 967. The van der Waals surface area contributed by atoms with E-state index in [1.807, 2.05) is 54.7 Å². The SMILES string of the molecule is c1ccc(-c2cc(NCCCNc3cccnc3)c3nncn3n2)cc1. The topological polar surface area (TPSA) is 80.0 Å². The molecule has 3 aromatic heterocycles. The molecule has 0 saturated heterocycles. The highest BCUT2D eigenvalue weighted by Crippen LogP contribution is 2.22. The Kier molecular flexibility index (Phi) is 4.68. The van der Waals surface area contributed by atoms with Crippen LogP contribution in [0.25, 0.3) is 16.9 Å². The van der Waals surface area contributed by atoms with Gasteiger partial charge < -0.3 is 10.6 Å². The van der Waals surface area contributed by atoms with Crippen molar-refractivity contribution in [2.24, 2.45) is 0 Å². The average molecular weight is 345 g/mol. The maximum Gasteiger partial charge on any atom is 0.200 e. The van der Waals surface area contributed by atoms with E-state index >= 15 is 0 Å². The molecule has 130 valence electrons. The van der Waals surface area contributed by atoms with Gasteiger partial charge in [-0.2, -0.15) is 9.61 Å². The van der Waals surface area contributed by atoms with Gasteiger partial charge in [0.15, 0.2) is 0 Å². The lowest BCUT2D eigenvalue weighted by Gasteiger charge is -2.10. The molecule has 0 spiro atoms. The second kappa shape index (κ2) is 7.60. The van der Waals surface area contributed by atoms with Crippen molar-refractivity contribution in [3.63, 3.8) is 0 Å². The summed E-state index contributed by atoms with van der Waals surface area (Å²) in [5, 5.41) is 19.5. The molecule has 0 unspecified atom stereocenters. The molecule has 1 aromatic carbocycles. The molecule has 0 bridgehead atoms. The van der Waals surface area contributed by atoms with E-state index in [4.69, 9.17) is 0 Å². The van der Waals surface area contributed by atoms with E-state index in [9.17, 15) is 0 Å². The third kappa shape index (κ3) is 3.61. The van der Waals surface area contributed by atoms with Gasteiger partial charge in [0.2, 0.25) is 5.65 Å². The van der Waals surface area contributed by atoms with Crippen LogP contribution in [0.2, 0.25) is 0 Å². The first-order valence-corrected chi connectivity index (χ1v) is 8.54. The van der Waals surface area contributed by atoms with Crippen LogP contribution in [0.4, 0.5) is 11.4 Å². The quantitative estimate of drug-likeness (QED) is 0.501. The number of anilines is 2. The summed E-state index contributed by atoms with van der Waals surface area (Å²) in [5.41, 5.74) is 4.63. The summed E-state index contributed by atoms with van der Waals surface area (Å²) in [5.74, 6) is 0. The molecule has 0 saturated carbocycles. The summed E-state index contributed by atoms with van der Waals surface area (Å²) in [6, 6.07) is 16.0. The van der Waals surface area contributed by atoms with Crippen molar-refractivity contribution < 1.29 is 0 Å². The van der Waals surface area contributed by atoms with Crippen LogP contribution in [0, 0.1) is 0 Å². The zero-order chi connectivity index (χ0) is 17.6. The fraction of sp³-hybridized carbons (Fsp3) is 0.158. The van der Waals surface area contributed by atoms with Gasteiger partial charge >= 0.3 is 0 Å². The number of nitrogens with one attached hydrogen (secondary N) is 2. The average Bonchev–Trinajstić information content (AvgIpc) is 3.18. The summed E-state index contributed by atoms with van der Waals surface area (Å²) >= 11 is 0. The van der Waals surface area contributed by atoms with Gasteiger partial charge in [-0.15, -0.1) is 10.2 Å². The number of aromatic nitrogens is 5. The Morgan fingerprint density at radius 2 is 1.85 bits per heavy atom. The lowest BCUT2D eigenvalue weighted by atomic mass is 10.1. The van der Waals surface area contributed by atoms with Crippen molar-refractivity contribution in [2.75, 3.05) is 23.7 Å². The second-order valence-corrected chi connectivity index (χ2v) is 5.86. The lowest BCUT2D eigenvalue weighted by molar-refractivity contribution is 0.899. The fourth-order valence-corrected chi connectivity index (χ4v) is 2.72. The molecule has 7 nitrogen and oxygen atoms in total. The molecule has 2 N–H and O–H groups in total. The molecule has 3 heterocycles. The van der Waals surface area contributed by atoms with E-state index in [2.05, 4.69) is 30.9 Å². The van der Waals surface area contributed by atoms with Crippen LogP contribution in [0.3, 0.4) is 0 Å². The van der Waals surface area contributed by atoms with Gasteiger partial charge in [0.05, 0.1) is 17.1 Å². The summed E-state index contributed by atoms with van der Waals surface area (Å²) in [4.78, 5) is 4.09. The summed E-state index contributed by atoms with van der Waals surface area (Å²) < 4.78 is 1.71.